The summed E-state index contributed by atoms with van der Waals surface area (Å²) in [4.78, 5) is 19.0. The van der Waals surface area contributed by atoms with Gasteiger partial charge in [0.15, 0.2) is 0 Å². The number of nitrogens with two attached hydrogens (primary N) is 1. The van der Waals surface area contributed by atoms with Gasteiger partial charge in [-0.05, 0) is 100 Å². The molecule has 0 bridgehead atoms. The highest BCUT2D eigenvalue weighted by molar-refractivity contribution is 6.31. The number of rotatable bonds is 20. The summed E-state index contributed by atoms with van der Waals surface area (Å²) in [5, 5.41) is 7.26. The number of carbonyl (C=O) groups excluding carboxylic acids is 1. The number of hydrogen-bond acceptors (Lipinski definition) is 6. The summed E-state index contributed by atoms with van der Waals surface area (Å²) in [6.07, 6.45) is 18.2. The minimum absolute atomic E-state index is 0.0221. The van der Waals surface area contributed by atoms with Crippen molar-refractivity contribution in [1.29, 1.82) is 0 Å². The smallest absolute Gasteiger partial charge is 0.212 e. The largest absolute Gasteiger partial charge is 0.404 e. The molecule has 1 atom stereocenters. The number of carbonyl (C=O) groups is 1. The second kappa shape index (κ2) is 23.6. The Morgan fingerprint density at radius 3 is 2.48 bits per heavy atom. The Hall–Kier alpha value is -3.72. The van der Waals surface area contributed by atoms with Gasteiger partial charge >= 0.3 is 0 Å². The van der Waals surface area contributed by atoms with Crippen molar-refractivity contribution in [3.8, 4) is 0 Å². The Kier molecular flexibility index (Phi) is 20.8. The number of hydrogen-bond donors (Lipinski definition) is 2. The van der Waals surface area contributed by atoms with Crippen LogP contribution in [0.25, 0.3) is 10.9 Å². The van der Waals surface area contributed by atoms with Crippen molar-refractivity contribution in [3.05, 3.63) is 107 Å². The second-order valence-electron chi connectivity index (χ2n) is 11.3. The van der Waals surface area contributed by atoms with Crippen LogP contribution in [0, 0.1) is 5.82 Å². The Morgan fingerprint density at radius 2 is 1.85 bits per heavy atom. The molecule has 0 aliphatic rings. The van der Waals surface area contributed by atoms with Crippen molar-refractivity contribution in [2.24, 2.45) is 10.8 Å². The van der Waals surface area contributed by atoms with Crippen LogP contribution in [-0.2, 0) is 4.74 Å². The monoisotopic (exact) mass is 681 g/mol. The molecule has 0 spiro atoms. The van der Waals surface area contributed by atoms with Gasteiger partial charge in [0.05, 0.1) is 36.4 Å². The Balaban J connectivity index is 0.00000565. The average Bonchev–Trinajstić information content (AvgIpc) is 3.49. The maximum absolute atomic E-state index is 15.2. The first-order valence-corrected chi connectivity index (χ1v) is 17.3. The molecular weight excluding hydrogens is 625 g/mol. The minimum Gasteiger partial charge on any atom is -0.404 e. The number of aromatic amines is 1. The van der Waals surface area contributed by atoms with Crippen LogP contribution in [-0.4, -0.2) is 66.3 Å². The van der Waals surface area contributed by atoms with E-state index in [4.69, 9.17) is 22.1 Å². The second-order valence-corrected chi connectivity index (χ2v) is 11.8. The van der Waals surface area contributed by atoms with E-state index in [-0.39, 0.29) is 23.1 Å². The number of benzene rings is 1. The highest BCUT2D eigenvalue weighted by atomic mass is 35.5. The van der Waals surface area contributed by atoms with Gasteiger partial charge in [-0.25, -0.2) is 4.39 Å². The van der Waals surface area contributed by atoms with Gasteiger partial charge in [-0.1, -0.05) is 71.0 Å². The number of likely N-dealkylation sites (N-methyl/N-ethyl adjacent to an activating group) is 1. The summed E-state index contributed by atoms with van der Waals surface area (Å²) < 4.78 is 20.8. The molecule has 1 unspecified atom stereocenters. The van der Waals surface area contributed by atoms with Gasteiger partial charge in [0.2, 0.25) is 5.78 Å². The Bertz CT molecular complexity index is 1470. The lowest BCUT2D eigenvalue weighted by atomic mass is 9.95. The summed E-state index contributed by atoms with van der Waals surface area (Å²) in [5.41, 5.74) is 8.37. The number of ketones is 1. The van der Waals surface area contributed by atoms with E-state index in [1.54, 1.807) is 36.4 Å². The normalized spacial score (nSPS) is 13.7. The number of fused-ring (bicyclic) bond motifs is 1. The van der Waals surface area contributed by atoms with E-state index in [0.717, 1.165) is 32.4 Å². The maximum Gasteiger partial charge on any atom is 0.212 e. The summed E-state index contributed by atoms with van der Waals surface area (Å²) in [6, 6.07) is 5.39. The first-order chi connectivity index (χ1) is 23.1. The maximum atomic E-state index is 15.2. The highest BCUT2D eigenvalue weighted by Crippen LogP contribution is 2.28. The lowest BCUT2D eigenvalue weighted by Gasteiger charge is -2.27. The molecule has 1 heterocycles. The average molecular weight is 682 g/mol. The van der Waals surface area contributed by atoms with Gasteiger partial charge in [-0.2, -0.15) is 5.10 Å². The molecule has 0 radical (unpaired) electrons. The fourth-order valence-electron chi connectivity index (χ4n) is 4.78. The molecule has 0 aliphatic heterocycles. The lowest BCUT2D eigenvalue weighted by molar-refractivity contribution is 0.103. The van der Waals surface area contributed by atoms with Gasteiger partial charge in [0, 0.05) is 35.2 Å². The van der Waals surface area contributed by atoms with Crippen LogP contribution < -0.4 is 5.73 Å². The highest BCUT2D eigenvalue weighted by Gasteiger charge is 2.19. The zero-order valence-electron chi connectivity index (χ0n) is 30.2. The third kappa shape index (κ3) is 14.2. The molecule has 1 aromatic heterocycles. The number of ether oxygens (including phenoxy) is 1. The van der Waals surface area contributed by atoms with E-state index in [1.807, 2.05) is 58.1 Å². The fourth-order valence-corrected chi connectivity index (χ4v) is 4.93. The quantitative estimate of drug-likeness (QED) is 0.0363. The third-order valence-electron chi connectivity index (χ3n) is 7.49. The predicted octanol–water partition coefficient (Wildman–Crippen LogP) is 9.62. The molecular formula is C39H57ClFN5O2. The number of Topliss-reactive ketones (excluding diaryl/α,β-unsaturated/α-hetero) is 1. The zero-order valence-corrected chi connectivity index (χ0v) is 31.0. The Morgan fingerprint density at radius 1 is 1.12 bits per heavy atom. The number of nitrogens with zero attached hydrogens (tertiary/aromatic N) is 3. The molecule has 48 heavy (non-hydrogen) atoms. The van der Waals surface area contributed by atoms with E-state index in [2.05, 4.69) is 42.3 Å². The summed E-state index contributed by atoms with van der Waals surface area (Å²) in [6.45, 7) is 21.1. The fraction of sp³-hybridized carbons (Fsp3) is 0.436. The molecule has 1 aromatic carbocycles. The van der Waals surface area contributed by atoms with Crippen LogP contribution in [0.1, 0.15) is 89.7 Å². The minimum atomic E-state index is -0.350. The molecule has 0 amide bonds. The number of halogens is 2. The number of nitrogens with one attached hydrogen (secondary N) is 1. The van der Waals surface area contributed by atoms with Crippen molar-refractivity contribution in [2.45, 2.75) is 79.7 Å². The van der Waals surface area contributed by atoms with Gasteiger partial charge in [-0.3, -0.25) is 9.80 Å². The topological polar surface area (TPSA) is 86.9 Å². The molecule has 0 saturated carbocycles. The molecule has 3 N–H and O–H groups in total. The Labute approximate surface area is 293 Å². The van der Waals surface area contributed by atoms with Crippen LogP contribution >= 0.6 is 11.6 Å². The van der Waals surface area contributed by atoms with E-state index in [1.165, 1.54) is 18.5 Å². The molecule has 2 rings (SSSR count). The van der Waals surface area contributed by atoms with Crippen molar-refractivity contribution in [1.82, 2.24) is 14.9 Å². The predicted molar refractivity (Wildman–Crippen MR) is 204 cm³/mol. The number of allylic oxidation sites excluding steroid dienone is 7. The summed E-state index contributed by atoms with van der Waals surface area (Å²) in [5.74, 6) is -0.600. The van der Waals surface area contributed by atoms with Gasteiger partial charge in [0.1, 0.15) is 5.82 Å². The van der Waals surface area contributed by atoms with Crippen LogP contribution in [0.2, 0.25) is 0 Å². The third-order valence-corrected chi connectivity index (χ3v) is 7.77. The molecule has 0 aliphatic carbocycles. The molecule has 9 heteroatoms. The molecule has 264 valence electrons. The summed E-state index contributed by atoms with van der Waals surface area (Å²) in [7, 11) is 1.75. The molecule has 7 nitrogen and oxygen atoms in total. The van der Waals surface area contributed by atoms with Gasteiger partial charge in [0.25, 0.3) is 0 Å². The number of aromatic nitrogens is 1. The van der Waals surface area contributed by atoms with Crippen molar-refractivity contribution in [3.63, 3.8) is 0 Å². The molecule has 0 saturated heterocycles. The van der Waals surface area contributed by atoms with Crippen LogP contribution in [0.3, 0.4) is 0 Å². The number of hydrazone groups is 1. The van der Waals surface area contributed by atoms with Crippen LogP contribution in [0.15, 0.2) is 94.9 Å². The first-order valence-electron chi connectivity index (χ1n) is 17.0. The first kappa shape index (κ1) is 42.3. The van der Waals surface area contributed by atoms with E-state index < -0.39 is 0 Å². The standard InChI is InChI=1S/C37H51ClFN5O2.C2H6/c1-8-11-14-31(38)17-21-46-20-12-15-32(13-9-2)43(7)41-26-30(25-40)37(45)36-23-29-22-34(39)33(24-35(29)42-36)28(6)16-19-44(18-10-3)27(4)5;1-2/h9,11-15,17,22-28,42H,2,8,10,16,18-21,40H2,1,3-7H3;1-2H3/b14-11-,15-12-,30-25-,31-17+,32-13+,41-26-;. The van der Waals surface area contributed by atoms with Crippen molar-refractivity contribution in [2.75, 3.05) is 33.4 Å². The molecule has 2 aromatic rings. The van der Waals surface area contributed by atoms with Crippen LogP contribution in [0.4, 0.5) is 4.39 Å². The van der Waals surface area contributed by atoms with E-state index in [9.17, 15) is 4.79 Å². The number of H-pyrrole nitrogens is 1. The lowest BCUT2D eigenvalue weighted by Crippen LogP contribution is -2.33. The van der Waals surface area contributed by atoms with Gasteiger partial charge in [-0.15, -0.1) is 0 Å². The van der Waals surface area contributed by atoms with Crippen molar-refractivity contribution < 1.29 is 13.9 Å². The molecule has 0 fully saturated rings. The van der Waals surface area contributed by atoms with E-state index in [0.29, 0.717) is 52.1 Å². The van der Waals surface area contributed by atoms with Crippen LogP contribution in [0.5, 0.6) is 0 Å². The van der Waals surface area contributed by atoms with Crippen molar-refractivity contribution >= 4 is 34.5 Å². The summed E-state index contributed by atoms with van der Waals surface area (Å²) >= 11 is 6.10. The zero-order chi connectivity index (χ0) is 36.1. The van der Waals surface area contributed by atoms with Gasteiger partial charge < -0.3 is 20.4 Å². The van der Waals surface area contributed by atoms with E-state index >= 15 is 4.39 Å². The SMILES string of the molecule is C=C/C=C(\C=C/COC/C=C(Cl)\C=C/CC)N(C)/N=C\C(=C\N)C(=O)c1cc2cc(F)c(C(C)CCN(CCC)C(C)C)cc2[nH]1.CC.